The number of rotatable bonds is 3. The van der Waals surface area contributed by atoms with Gasteiger partial charge in [-0.15, -0.1) is 0 Å². The molecule has 0 saturated heterocycles. The van der Waals surface area contributed by atoms with Gasteiger partial charge in [0.15, 0.2) is 11.5 Å². The van der Waals surface area contributed by atoms with E-state index < -0.39 is 12.5 Å². The van der Waals surface area contributed by atoms with E-state index in [-0.39, 0.29) is 21.5 Å². The molecule has 15 heavy (non-hydrogen) atoms. The first-order valence-corrected chi connectivity index (χ1v) is 4.79. The quantitative estimate of drug-likeness (QED) is 0.895. The molecule has 0 radical (unpaired) electrons. The van der Waals surface area contributed by atoms with Crippen LogP contribution in [0.1, 0.15) is 11.7 Å². The molecule has 2 N–H and O–H groups in total. The summed E-state index contributed by atoms with van der Waals surface area (Å²) in [5, 5.41) is 18.5. The van der Waals surface area contributed by atoms with Gasteiger partial charge in [-0.05, 0) is 33.6 Å². The highest BCUT2D eigenvalue weighted by atomic mass is 79.9. The van der Waals surface area contributed by atoms with Gasteiger partial charge in [-0.25, -0.2) is 8.78 Å². The van der Waals surface area contributed by atoms with Crippen LogP contribution in [0.5, 0.6) is 11.5 Å². The maximum absolute atomic E-state index is 12.2. The van der Waals surface area contributed by atoms with Gasteiger partial charge in [0.25, 0.3) is 6.43 Å². The van der Waals surface area contributed by atoms with Crippen molar-refractivity contribution in [1.29, 1.82) is 0 Å². The van der Waals surface area contributed by atoms with Crippen molar-refractivity contribution in [3.63, 3.8) is 0 Å². The lowest BCUT2D eigenvalue weighted by Gasteiger charge is -2.13. The number of phenolic OH excluding ortho intramolecular Hbond substituents is 1. The average molecular weight is 283 g/mol. The molecule has 0 aliphatic heterocycles. The molecule has 1 rings (SSSR count). The smallest absolute Gasteiger partial charge is 0.268 e. The van der Waals surface area contributed by atoms with Crippen molar-refractivity contribution in [1.82, 2.24) is 0 Å². The Kier molecular flexibility index (Phi) is 3.87. The van der Waals surface area contributed by atoms with E-state index in [9.17, 15) is 13.9 Å². The van der Waals surface area contributed by atoms with Gasteiger partial charge in [0.2, 0.25) is 0 Å². The summed E-state index contributed by atoms with van der Waals surface area (Å²) in [6.45, 7) is 0. The van der Waals surface area contributed by atoms with Crippen molar-refractivity contribution in [3.05, 3.63) is 22.2 Å². The van der Waals surface area contributed by atoms with Gasteiger partial charge in [0, 0.05) is 0 Å². The fraction of sp³-hybridized carbons (Fsp3) is 0.333. The van der Waals surface area contributed by atoms with Gasteiger partial charge >= 0.3 is 0 Å². The van der Waals surface area contributed by atoms with Gasteiger partial charge in [0.1, 0.15) is 6.10 Å². The average Bonchev–Trinajstić information content (AvgIpc) is 2.20. The summed E-state index contributed by atoms with van der Waals surface area (Å²) in [7, 11) is 1.29. The molecule has 3 nitrogen and oxygen atoms in total. The molecule has 1 aromatic rings. The Balaban J connectivity index is 3.16. The van der Waals surface area contributed by atoms with E-state index in [2.05, 4.69) is 15.9 Å². The van der Waals surface area contributed by atoms with Crippen LogP contribution < -0.4 is 4.74 Å². The number of hydrogen-bond donors (Lipinski definition) is 2. The van der Waals surface area contributed by atoms with Crippen LogP contribution in [-0.4, -0.2) is 23.7 Å². The molecule has 0 fully saturated rings. The van der Waals surface area contributed by atoms with E-state index in [1.54, 1.807) is 0 Å². The van der Waals surface area contributed by atoms with Crippen LogP contribution >= 0.6 is 15.9 Å². The first-order valence-electron chi connectivity index (χ1n) is 4.00. The number of hydrogen-bond acceptors (Lipinski definition) is 3. The summed E-state index contributed by atoms with van der Waals surface area (Å²) in [5.41, 5.74) is -0.0217. The van der Waals surface area contributed by atoms with Gasteiger partial charge in [-0.3, -0.25) is 0 Å². The first-order chi connectivity index (χ1) is 6.97. The lowest BCUT2D eigenvalue weighted by molar-refractivity contribution is -0.00593. The Morgan fingerprint density at radius 2 is 2.00 bits per heavy atom. The van der Waals surface area contributed by atoms with Crippen molar-refractivity contribution >= 4 is 15.9 Å². The van der Waals surface area contributed by atoms with Gasteiger partial charge < -0.3 is 14.9 Å². The van der Waals surface area contributed by atoms with E-state index in [4.69, 9.17) is 9.84 Å². The number of alkyl halides is 2. The zero-order chi connectivity index (χ0) is 11.6. The molecule has 0 saturated carbocycles. The largest absolute Gasteiger partial charge is 0.503 e. The standard InChI is InChI=1S/C9H9BrF2O3/c1-15-6-3-4(7(13)9(11)12)2-5(10)8(6)14/h2-3,7,9,13-14H,1H3. The molecule has 0 spiro atoms. The summed E-state index contributed by atoms with van der Waals surface area (Å²) in [4.78, 5) is 0. The Hall–Kier alpha value is -0.880. The number of methoxy groups -OCH3 is 1. The lowest BCUT2D eigenvalue weighted by Crippen LogP contribution is -2.08. The number of ether oxygens (including phenoxy) is 1. The minimum absolute atomic E-state index is 0.0217. The van der Waals surface area contributed by atoms with Crippen LogP contribution in [0.2, 0.25) is 0 Å². The third-order valence-electron chi connectivity index (χ3n) is 1.85. The monoisotopic (exact) mass is 282 g/mol. The maximum Gasteiger partial charge on any atom is 0.268 e. The van der Waals surface area contributed by atoms with Crippen LogP contribution in [0.25, 0.3) is 0 Å². The molecule has 0 heterocycles. The van der Waals surface area contributed by atoms with Gasteiger partial charge in [0.05, 0.1) is 11.6 Å². The Labute approximate surface area is 93.4 Å². The molecule has 1 atom stereocenters. The van der Waals surface area contributed by atoms with Crippen LogP contribution in [0.15, 0.2) is 16.6 Å². The van der Waals surface area contributed by atoms with Crippen molar-refractivity contribution < 1.29 is 23.7 Å². The van der Waals surface area contributed by atoms with Crippen molar-refractivity contribution in [3.8, 4) is 11.5 Å². The molecule has 1 unspecified atom stereocenters. The zero-order valence-corrected chi connectivity index (χ0v) is 9.33. The molecule has 1 aromatic carbocycles. The second kappa shape index (κ2) is 4.76. The molecule has 0 aliphatic carbocycles. The maximum atomic E-state index is 12.2. The van der Waals surface area contributed by atoms with Crippen LogP contribution in [-0.2, 0) is 0 Å². The Morgan fingerprint density at radius 1 is 1.40 bits per heavy atom. The fourth-order valence-corrected chi connectivity index (χ4v) is 1.53. The highest BCUT2D eigenvalue weighted by molar-refractivity contribution is 9.10. The Morgan fingerprint density at radius 3 is 2.47 bits per heavy atom. The summed E-state index contributed by atoms with van der Waals surface area (Å²) >= 11 is 2.97. The summed E-state index contributed by atoms with van der Waals surface area (Å²) in [5.74, 6) is -0.165. The van der Waals surface area contributed by atoms with E-state index in [1.165, 1.54) is 13.2 Å². The minimum atomic E-state index is -2.88. The van der Waals surface area contributed by atoms with Crippen LogP contribution in [0.4, 0.5) is 8.78 Å². The highest BCUT2D eigenvalue weighted by Gasteiger charge is 2.21. The third-order valence-corrected chi connectivity index (χ3v) is 2.46. The summed E-state index contributed by atoms with van der Waals surface area (Å²) < 4.78 is 29.4. The third kappa shape index (κ3) is 2.57. The fourth-order valence-electron chi connectivity index (χ4n) is 1.07. The van der Waals surface area contributed by atoms with E-state index >= 15 is 0 Å². The molecule has 0 amide bonds. The van der Waals surface area contributed by atoms with Gasteiger partial charge in [-0.2, -0.15) is 0 Å². The number of aromatic hydroxyl groups is 1. The van der Waals surface area contributed by atoms with Crippen molar-refractivity contribution in [2.45, 2.75) is 12.5 Å². The molecule has 84 valence electrons. The lowest BCUT2D eigenvalue weighted by atomic mass is 10.1. The molecule has 0 aliphatic rings. The van der Waals surface area contributed by atoms with E-state index in [1.807, 2.05) is 0 Å². The molecular weight excluding hydrogens is 274 g/mol. The summed E-state index contributed by atoms with van der Waals surface area (Å²) in [6, 6.07) is 2.38. The van der Waals surface area contributed by atoms with Crippen molar-refractivity contribution in [2.24, 2.45) is 0 Å². The molecule has 0 bridgehead atoms. The first kappa shape index (κ1) is 12.2. The summed E-state index contributed by atoms with van der Waals surface area (Å²) in [6.07, 6.45) is -4.78. The van der Waals surface area contributed by atoms with Crippen molar-refractivity contribution in [2.75, 3.05) is 7.11 Å². The predicted octanol–water partition coefficient (Wildman–Crippen LogP) is 2.46. The number of benzene rings is 1. The topological polar surface area (TPSA) is 49.7 Å². The second-order valence-electron chi connectivity index (χ2n) is 2.83. The zero-order valence-electron chi connectivity index (χ0n) is 7.75. The molecule has 6 heteroatoms. The van der Waals surface area contributed by atoms with E-state index in [0.29, 0.717) is 0 Å². The Bertz CT molecular complexity index is 357. The van der Waals surface area contributed by atoms with Gasteiger partial charge in [-0.1, -0.05) is 0 Å². The minimum Gasteiger partial charge on any atom is -0.503 e. The number of halogens is 3. The number of aliphatic hydroxyl groups is 1. The number of phenols is 1. The number of aliphatic hydroxyl groups excluding tert-OH is 1. The second-order valence-corrected chi connectivity index (χ2v) is 3.69. The molecular formula is C9H9BrF2O3. The SMILES string of the molecule is COc1cc(C(O)C(F)F)cc(Br)c1O. The molecule has 0 aromatic heterocycles. The predicted molar refractivity (Wildman–Crippen MR) is 53.3 cm³/mol. The highest BCUT2D eigenvalue weighted by Crippen LogP contribution is 2.37. The van der Waals surface area contributed by atoms with Crippen LogP contribution in [0, 0.1) is 0 Å². The normalized spacial score (nSPS) is 12.9. The van der Waals surface area contributed by atoms with Crippen LogP contribution in [0.3, 0.4) is 0 Å². The van der Waals surface area contributed by atoms with E-state index in [0.717, 1.165) is 6.07 Å².